The summed E-state index contributed by atoms with van der Waals surface area (Å²) >= 11 is 0. The first-order valence-electron chi connectivity index (χ1n) is 15.0. The lowest BCUT2D eigenvalue weighted by Gasteiger charge is -2.14. The molecule has 0 unspecified atom stereocenters. The highest BCUT2D eigenvalue weighted by Crippen LogP contribution is 2.42. The summed E-state index contributed by atoms with van der Waals surface area (Å²) in [7, 11) is 0. The zero-order chi connectivity index (χ0) is 28.9. The second kappa shape index (κ2) is 10.1. The first-order chi connectivity index (χ1) is 21.2. The van der Waals surface area contributed by atoms with Gasteiger partial charge in [0, 0.05) is 27.5 Å². The van der Waals surface area contributed by atoms with E-state index in [9.17, 15) is 0 Å². The fraction of sp³-hybridized carbons (Fsp3) is 0.0750. The van der Waals surface area contributed by atoms with Gasteiger partial charge in [0.1, 0.15) is 0 Å². The molecule has 8 aromatic rings. The summed E-state index contributed by atoms with van der Waals surface area (Å²) in [5, 5.41) is 3.62. The molecule has 5 aromatic carbocycles. The largest absolute Gasteiger partial charge is 0.312 e. The van der Waals surface area contributed by atoms with Gasteiger partial charge < -0.3 is 9.13 Å². The van der Waals surface area contributed by atoms with Gasteiger partial charge in [0.25, 0.3) is 0 Å². The number of rotatable bonds is 5. The number of nitrogens with zero attached hydrogens (tertiary/aromatic N) is 3. The summed E-state index contributed by atoms with van der Waals surface area (Å²) in [5.74, 6) is 0. The summed E-state index contributed by atoms with van der Waals surface area (Å²) < 4.78 is 4.81. The number of para-hydroxylation sites is 2. The quantitative estimate of drug-likeness (QED) is 0.208. The van der Waals surface area contributed by atoms with E-state index in [2.05, 4.69) is 163 Å². The number of fused-ring (bicyclic) bond motifs is 7. The third kappa shape index (κ3) is 4.00. The average Bonchev–Trinajstić information content (AvgIpc) is 3.58. The molecule has 206 valence electrons. The Labute approximate surface area is 251 Å². The number of hydrogen-bond donors (Lipinski definition) is 0. The van der Waals surface area contributed by atoms with Crippen LogP contribution in [0.25, 0.3) is 77.4 Å². The predicted octanol–water partition coefficient (Wildman–Crippen LogP) is 10.9. The molecule has 0 aliphatic heterocycles. The smallest absolute Gasteiger partial charge is 0.0971 e. The van der Waals surface area contributed by atoms with Gasteiger partial charge in [-0.1, -0.05) is 110 Å². The van der Waals surface area contributed by atoms with Gasteiger partial charge in [-0.05, 0) is 65.9 Å². The monoisotopic (exact) mass is 553 g/mol. The fourth-order valence-corrected chi connectivity index (χ4v) is 6.71. The van der Waals surface area contributed by atoms with E-state index in [-0.39, 0.29) is 0 Å². The van der Waals surface area contributed by atoms with E-state index < -0.39 is 0 Å². The molecule has 0 amide bonds. The molecule has 0 fully saturated rings. The van der Waals surface area contributed by atoms with Crippen molar-refractivity contribution in [2.24, 2.45) is 0 Å². The van der Waals surface area contributed by atoms with Crippen molar-refractivity contribution in [1.29, 1.82) is 0 Å². The van der Waals surface area contributed by atoms with E-state index in [1.165, 1.54) is 44.2 Å². The predicted molar refractivity (Wildman–Crippen MR) is 183 cm³/mol. The van der Waals surface area contributed by atoms with E-state index in [1.807, 2.05) is 0 Å². The van der Waals surface area contributed by atoms with E-state index in [4.69, 9.17) is 4.98 Å². The highest BCUT2D eigenvalue weighted by molar-refractivity contribution is 6.25. The highest BCUT2D eigenvalue weighted by atomic mass is 15.0. The van der Waals surface area contributed by atoms with Crippen molar-refractivity contribution >= 4 is 49.4 Å². The first kappa shape index (κ1) is 25.3. The molecule has 0 saturated carbocycles. The van der Waals surface area contributed by atoms with Gasteiger partial charge in [0.15, 0.2) is 0 Å². The zero-order valence-corrected chi connectivity index (χ0v) is 24.3. The molecule has 0 spiro atoms. The van der Waals surface area contributed by atoms with Gasteiger partial charge in [-0.25, -0.2) is 0 Å². The van der Waals surface area contributed by atoms with Gasteiger partial charge in [0.05, 0.1) is 33.8 Å². The van der Waals surface area contributed by atoms with E-state index >= 15 is 0 Å². The number of pyridine rings is 1. The van der Waals surface area contributed by atoms with Crippen molar-refractivity contribution in [3.8, 4) is 27.9 Å². The Kier molecular flexibility index (Phi) is 5.97. The van der Waals surface area contributed by atoms with Crippen LogP contribution in [0.4, 0.5) is 0 Å². The number of allylic oxidation sites excluding steroid dienone is 2. The SMILES string of the molecule is CC/C=C(\C)n1c2ccccc2c2c1cnc1c3ccccc3n(-c3cc(-c4ccccc4)cc(-c4ccccc4)c3)c12. The molecule has 3 heteroatoms. The molecule has 0 radical (unpaired) electrons. The number of hydrogen-bond acceptors (Lipinski definition) is 1. The Morgan fingerprint density at radius 3 is 1.86 bits per heavy atom. The average molecular weight is 554 g/mol. The zero-order valence-electron chi connectivity index (χ0n) is 24.3. The van der Waals surface area contributed by atoms with E-state index in [0.717, 1.165) is 39.6 Å². The molecule has 0 aliphatic carbocycles. The van der Waals surface area contributed by atoms with Crippen LogP contribution in [0, 0.1) is 0 Å². The Morgan fingerprint density at radius 2 is 1.21 bits per heavy atom. The highest BCUT2D eigenvalue weighted by Gasteiger charge is 2.22. The minimum Gasteiger partial charge on any atom is -0.312 e. The normalized spacial score (nSPS) is 12.2. The summed E-state index contributed by atoms with van der Waals surface area (Å²) in [6.45, 7) is 4.39. The van der Waals surface area contributed by atoms with Crippen molar-refractivity contribution < 1.29 is 0 Å². The maximum Gasteiger partial charge on any atom is 0.0971 e. The third-order valence-corrected chi connectivity index (χ3v) is 8.55. The Hall–Kier alpha value is -5.41. The standard InChI is InChI=1S/C40H31N3/c1-3-14-27(2)42-35-21-12-10-19-33(35)38-37(42)26-41-39-34-20-11-13-22-36(34)43(40(38)39)32-24-30(28-15-6-4-7-16-28)23-31(25-32)29-17-8-5-9-18-29/h4-26H,3H2,1-2H3/b27-14+. The summed E-state index contributed by atoms with van der Waals surface area (Å²) in [4.78, 5) is 5.17. The van der Waals surface area contributed by atoms with Crippen LogP contribution in [0.3, 0.4) is 0 Å². The lowest BCUT2D eigenvalue weighted by Crippen LogP contribution is -1.97. The van der Waals surface area contributed by atoms with Crippen molar-refractivity contribution in [2.75, 3.05) is 0 Å². The minimum absolute atomic E-state index is 0.976. The number of aromatic nitrogens is 3. The molecule has 0 N–H and O–H groups in total. The molecule has 0 saturated heterocycles. The van der Waals surface area contributed by atoms with Crippen LogP contribution in [0.2, 0.25) is 0 Å². The van der Waals surface area contributed by atoms with E-state index in [1.54, 1.807) is 0 Å². The molecule has 43 heavy (non-hydrogen) atoms. The molecule has 0 bridgehead atoms. The van der Waals surface area contributed by atoms with Crippen LogP contribution in [0.5, 0.6) is 0 Å². The Bertz CT molecular complexity index is 2260. The lowest BCUT2D eigenvalue weighted by atomic mass is 9.98. The molecule has 3 aromatic heterocycles. The first-order valence-corrected chi connectivity index (χ1v) is 15.0. The van der Waals surface area contributed by atoms with Gasteiger partial charge >= 0.3 is 0 Å². The molecule has 0 aliphatic rings. The third-order valence-electron chi connectivity index (χ3n) is 8.55. The minimum atomic E-state index is 0.976. The summed E-state index contributed by atoms with van der Waals surface area (Å²) in [6.07, 6.45) is 5.34. The number of benzene rings is 5. The molecule has 3 heterocycles. The summed E-state index contributed by atoms with van der Waals surface area (Å²) in [5.41, 5.74) is 12.8. The van der Waals surface area contributed by atoms with Crippen molar-refractivity contribution in [1.82, 2.24) is 14.1 Å². The second-order valence-electron chi connectivity index (χ2n) is 11.2. The van der Waals surface area contributed by atoms with Gasteiger partial charge in [-0.3, -0.25) is 4.98 Å². The van der Waals surface area contributed by atoms with Crippen molar-refractivity contribution in [2.45, 2.75) is 20.3 Å². The molecular formula is C40H31N3. The fourth-order valence-electron chi connectivity index (χ4n) is 6.71. The molecular weight excluding hydrogens is 522 g/mol. The molecule has 3 nitrogen and oxygen atoms in total. The topological polar surface area (TPSA) is 22.8 Å². The van der Waals surface area contributed by atoms with E-state index in [0.29, 0.717) is 0 Å². The van der Waals surface area contributed by atoms with Crippen molar-refractivity contribution in [3.63, 3.8) is 0 Å². The van der Waals surface area contributed by atoms with Crippen LogP contribution >= 0.6 is 0 Å². The van der Waals surface area contributed by atoms with Crippen LogP contribution in [0.1, 0.15) is 20.3 Å². The lowest BCUT2D eigenvalue weighted by molar-refractivity contribution is 1.14. The maximum atomic E-state index is 5.17. The maximum absolute atomic E-state index is 5.17. The van der Waals surface area contributed by atoms with Crippen molar-refractivity contribution in [3.05, 3.63) is 140 Å². The Balaban J connectivity index is 1.55. The van der Waals surface area contributed by atoms with Gasteiger partial charge in [-0.15, -0.1) is 0 Å². The van der Waals surface area contributed by atoms with Gasteiger partial charge in [0.2, 0.25) is 0 Å². The second-order valence-corrected chi connectivity index (χ2v) is 11.2. The molecule has 8 rings (SSSR count). The van der Waals surface area contributed by atoms with Crippen LogP contribution < -0.4 is 0 Å². The van der Waals surface area contributed by atoms with Crippen LogP contribution in [0.15, 0.2) is 140 Å². The van der Waals surface area contributed by atoms with Gasteiger partial charge in [-0.2, -0.15) is 0 Å². The van der Waals surface area contributed by atoms with Crippen LogP contribution in [-0.2, 0) is 0 Å². The van der Waals surface area contributed by atoms with Crippen LogP contribution in [-0.4, -0.2) is 14.1 Å². The summed E-state index contributed by atoms with van der Waals surface area (Å²) in [6, 6.07) is 45.7. The Morgan fingerprint density at radius 1 is 0.628 bits per heavy atom. The molecule has 0 atom stereocenters.